The molecule has 1 aromatic rings. The Morgan fingerprint density at radius 3 is 2.95 bits per heavy atom. The van der Waals surface area contributed by atoms with Crippen LogP contribution in [-0.4, -0.2) is 30.1 Å². The maximum atomic E-state index is 13.8. The van der Waals surface area contributed by atoms with Gasteiger partial charge in [-0.05, 0) is 18.9 Å². The van der Waals surface area contributed by atoms with Gasteiger partial charge in [-0.15, -0.1) is 0 Å². The molecular formula is C13H19FN4O2. The van der Waals surface area contributed by atoms with Crippen molar-refractivity contribution < 1.29 is 13.9 Å². The van der Waals surface area contributed by atoms with Crippen LogP contribution in [0.25, 0.3) is 0 Å². The molecule has 0 atom stereocenters. The SMILES string of the molecule is NNc1nccc(C(=O)NCCOC2CCCC2)c1F. The second-order valence-corrected chi connectivity index (χ2v) is 4.70. The van der Waals surface area contributed by atoms with Crippen molar-refractivity contribution in [1.82, 2.24) is 10.3 Å². The van der Waals surface area contributed by atoms with E-state index in [2.05, 4.69) is 15.7 Å². The van der Waals surface area contributed by atoms with E-state index in [-0.39, 0.29) is 11.4 Å². The fourth-order valence-corrected chi connectivity index (χ4v) is 2.26. The van der Waals surface area contributed by atoms with Gasteiger partial charge in [-0.3, -0.25) is 4.79 Å². The molecule has 1 aliphatic carbocycles. The maximum Gasteiger partial charge on any atom is 0.254 e. The lowest BCUT2D eigenvalue weighted by Gasteiger charge is -2.12. The number of aromatic nitrogens is 1. The van der Waals surface area contributed by atoms with Crippen molar-refractivity contribution in [3.05, 3.63) is 23.6 Å². The van der Waals surface area contributed by atoms with Gasteiger partial charge in [0.1, 0.15) is 0 Å². The summed E-state index contributed by atoms with van der Waals surface area (Å²) in [7, 11) is 0. The first-order valence-corrected chi connectivity index (χ1v) is 6.73. The van der Waals surface area contributed by atoms with E-state index in [1.54, 1.807) is 0 Å². The van der Waals surface area contributed by atoms with Gasteiger partial charge in [-0.25, -0.2) is 15.2 Å². The molecule has 4 N–H and O–H groups in total. The molecule has 1 amide bonds. The minimum absolute atomic E-state index is 0.0891. The molecule has 110 valence electrons. The number of rotatable bonds is 6. The molecule has 0 spiro atoms. The minimum atomic E-state index is -0.760. The lowest BCUT2D eigenvalue weighted by atomic mass is 10.2. The van der Waals surface area contributed by atoms with E-state index in [1.165, 1.54) is 25.1 Å². The number of anilines is 1. The van der Waals surface area contributed by atoms with Gasteiger partial charge in [0.2, 0.25) is 0 Å². The average molecular weight is 282 g/mol. The van der Waals surface area contributed by atoms with Crippen LogP contribution in [0.15, 0.2) is 12.3 Å². The molecule has 0 bridgehead atoms. The lowest BCUT2D eigenvalue weighted by Crippen LogP contribution is -2.29. The molecule has 1 fully saturated rings. The van der Waals surface area contributed by atoms with Gasteiger partial charge in [-0.2, -0.15) is 0 Å². The van der Waals surface area contributed by atoms with Crippen LogP contribution >= 0.6 is 0 Å². The van der Waals surface area contributed by atoms with Crippen LogP contribution in [-0.2, 0) is 4.74 Å². The number of nitrogens with one attached hydrogen (secondary N) is 2. The highest BCUT2D eigenvalue weighted by molar-refractivity contribution is 5.95. The van der Waals surface area contributed by atoms with Crippen LogP contribution in [0, 0.1) is 5.82 Å². The topological polar surface area (TPSA) is 89.3 Å². The fraction of sp³-hybridized carbons (Fsp3) is 0.538. The van der Waals surface area contributed by atoms with E-state index in [0.717, 1.165) is 12.8 Å². The van der Waals surface area contributed by atoms with Gasteiger partial charge in [-0.1, -0.05) is 12.8 Å². The number of nitrogen functional groups attached to an aromatic ring is 1. The van der Waals surface area contributed by atoms with E-state index < -0.39 is 11.7 Å². The summed E-state index contributed by atoms with van der Waals surface area (Å²) >= 11 is 0. The second-order valence-electron chi connectivity index (χ2n) is 4.70. The number of nitrogens with zero attached hydrogens (tertiary/aromatic N) is 1. The van der Waals surface area contributed by atoms with Crippen molar-refractivity contribution in [1.29, 1.82) is 0 Å². The summed E-state index contributed by atoms with van der Waals surface area (Å²) < 4.78 is 19.4. The largest absolute Gasteiger partial charge is 0.376 e. The van der Waals surface area contributed by atoms with Gasteiger partial charge in [0.25, 0.3) is 5.91 Å². The highest BCUT2D eigenvalue weighted by atomic mass is 19.1. The summed E-state index contributed by atoms with van der Waals surface area (Å²) in [5.41, 5.74) is 2.02. The molecular weight excluding hydrogens is 263 g/mol. The Hall–Kier alpha value is -1.73. The van der Waals surface area contributed by atoms with Crippen molar-refractivity contribution in [3.8, 4) is 0 Å². The highest BCUT2D eigenvalue weighted by Crippen LogP contribution is 2.20. The third kappa shape index (κ3) is 3.64. The Morgan fingerprint density at radius 1 is 1.50 bits per heavy atom. The van der Waals surface area contributed by atoms with Crippen LogP contribution in [0.1, 0.15) is 36.0 Å². The second kappa shape index (κ2) is 7.16. The zero-order chi connectivity index (χ0) is 14.4. The molecule has 0 aliphatic heterocycles. The molecule has 1 aliphatic rings. The van der Waals surface area contributed by atoms with Crippen molar-refractivity contribution >= 4 is 11.7 Å². The molecule has 0 aromatic carbocycles. The van der Waals surface area contributed by atoms with E-state index in [0.29, 0.717) is 19.3 Å². The van der Waals surface area contributed by atoms with Crippen LogP contribution in [0.2, 0.25) is 0 Å². The molecule has 1 heterocycles. The van der Waals surface area contributed by atoms with E-state index in [4.69, 9.17) is 10.6 Å². The van der Waals surface area contributed by atoms with E-state index >= 15 is 0 Å². The Labute approximate surface area is 116 Å². The highest BCUT2D eigenvalue weighted by Gasteiger charge is 2.17. The van der Waals surface area contributed by atoms with Crippen molar-refractivity contribution in [2.75, 3.05) is 18.6 Å². The first-order valence-electron chi connectivity index (χ1n) is 6.73. The van der Waals surface area contributed by atoms with Gasteiger partial charge in [0.15, 0.2) is 11.6 Å². The standard InChI is InChI=1S/C13H19FN4O2/c14-11-10(5-6-16-12(11)18-15)13(19)17-7-8-20-9-3-1-2-4-9/h5-6,9H,1-4,7-8,15H2,(H,16,18)(H,17,19). The number of hydrazine groups is 1. The molecule has 0 unspecified atom stereocenters. The molecule has 1 aromatic heterocycles. The number of ether oxygens (including phenoxy) is 1. The van der Waals surface area contributed by atoms with Crippen LogP contribution < -0.4 is 16.6 Å². The molecule has 0 radical (unpaired) electrons. The summed E-state index contributed by atoms with van der Waals surface area (Å²) in [6.07, 6.45) is 6.19. The maximum absolute atomic E-state index is 13.8. The quantitative estimate of drug-likeness (QED) is 0.414. The number of carbonyl (C=O) groups is 1. The van der Waals surface area contributed by atoms with Crippen LogP contribution in [0.4, 0.5) is 10.2 Å². The molecule has 2 rings (SSSR count). The summed E-state index contributed by atoms with van der Waals surface area (Å²) in [6.45, 7) is 0.785. The van der Waals surface area contributed by atoms with Gasteiger partial charge in [0, 0.05) is 12.7 Å². The third-order valence-electron chi connectivity index (χ3n) is 3.31. The third-order valence-corrected chi connectivity index (χ3v) is 3.31. The number of carbonyl (C=O) groups excluding carboxylic acids is 1. The number of hydrogen-bond donors (Lipinski definition) is 3. The van der Waals surface area contributed by atoms with E-state index in [1.807, 2.05) is 0 Å². The summed E-state index contributed by atoms with van der Waals surface area (Å²) in [5, 5.41) is 2.61. The van der Waals surface area contributed by atoms with Crippen LogP contribution in [0.5, 0.6) is 0 Å². The Kier molecular flexibility index (Phi) is 5.25. The van der Waals surface area contributed by atoms with E-state index in [9.17, 15) is 9.18 Å². The predicted molar refractivity (Wildman–Crippen MR) is 72.5 cm³/mol. The monoisotopic (exact) mass is 282 g/mol. The molecule has 7 heteroatoms. The first kappa shape index (κ1) is 14.7. The number of hydrogen-bond acceptors (Lipinski definition) is 5. The van der Waals surface area contributed by atoms with Crippen molar-refractivity contribution in [3.63, 3.8) is 0 Å². The van der Waals surface area contributed by atoms with Crippen molar-refractivity contribution in [2.24, 2.45) is 5.84 Å². The van der Waals surface area contributed by atoms with Gasteiger partial charge >= 0.3 is 0 Å². The molecule has 6 nitrogen and oxygen atoms in total. The number of halogens is 1. The Balaban J connectivity index is 1.79. The Morgan fingerprint density at radius 2 is 2.25 bits per heavy atom. The number of nitrogens with two attached hydrogens (primary N) is 1. The summed E-state index contributed by atoms with van der Waals surface area (Å²) in [6, 6.07) is 1.31. The molecule has 20 heavy (non-hydrogen) atoms. The number of amides is 1. The normalized spacial score (nSPS) is 15.3. The summed E-state index contributed by atoms with van der Waals surface area (Å²) in [4.78, 5) is 15.5. The lowest BCUT2D eigenvalue weighted by molar-refractivity contribution is 0.0581. The molecule has 1 saturated carbocycles. The Bertz CT molecular complexity index is 464. The fourth-order valence-electron chi connectivity index (χ4n) is 2.26. The predicted octanol–water partition coefficient (Wildman–Crippen LogP) is 1.20. The zero-order valence-electron chi connectivity index (χ0n) is 11.2. The zero-order valence-corrected chi connectivity index (χ0v) is 11.2. The van der Waals surface area contributed by atoms with Gasteiger partial charge in [0.05, 0.1) is 18.3 Å². The average Bonchev–Trinajstić information content (AvgIpc) is 2.97. The smallest absolute Gasteiger partial charge is 0.254 e. The van der Waals surface area contributed by atoms with Crippen LogP contribution in [0.3, 0.4) is 0 Å². The van der Waals surface area contributed by atoms with Crippen molar-refractivity contribution in [2.45, 2.75) is 31.8 Å². The number of pyridine rings is 1. The molecule has 0 saturated heterocycles. The van der Waals surface area contributed by atoms with Gasteiger partial charge < -0.3 is 15.5 Å². The minimum Gasteiger partial charge on any atom is -0.376 e. The first-order chi connectivity index (χ1) is 9.72. The summed E-state index contributed by atoms with van der Waals surface area (Å²) in [5.74, 6) is 3.69.